The van der Waals surface area contributed by atoms with Crippen molar-refractivity contribution in [1.82, 2.24) is 5.43 Å². The van der Waals surface area contributed by atoms with Crippen LogP contribution in [0.3, 0.4) is 0 Å². The summed E-state index contributed by atoms with van der Waals surface area (Å²) < 4.78 is 38.7. The lowest BCUT2D eigenvalue weighted by Gasteiger charge is -2.15. The zero-order chi connectivity index (χ0) is 17.4. The predicted molar refractivity (Wildman–Crippen MR) is 83.4 cm³/mol. The van der Waals surface area contributed by atoms with E-state index in [0.717, 1.165) is 11.6 Å². The summed E-state index contributed by atoms with van der Waals surface area (Å²) in [4.78, 5) is 12.3. The first-order valence-electron chi connectivity index (χ1n) is 7.42. The van der Waals surface area contributed by atoms with Crippen LogP contribution in [0.4, 0.5) is 18.9 Å². The highest BCUT2D eigenvalue weighted by molar-refractivity contribution is 5.84. The molecule has 3 nitrogen and oxygen atoms in total. The van der Waals surface area contributed by atoms with E-state index in [1.54, 1.807) is 0 Å². The van der Waals surface area contributed by atoms with Crippen molar-refractivity contribution in [1.29, 1.82) is 0 Å². The number of anilines is 1. The molecule has 1 aromatic carbocycles. The van der Waals surface area contributed by atoms with Gasteiger partial charge in [-0.1, -0.05) is 37.6 Å². The summed E-state index contributed by atoms with van der Waals surface area (Å²) in [6, 6.07) is 5.05. The summed E-state index contributed by atoms with van der Waals surface area (Å²) >= 11 is 0. The molecule has 1 aliphatic carbocycles. The van der Waals surface area contributed by atoms with Crippen molar-refractivity contribution in [3.8, 4) is 0 Å². The minimum atomic E-state index is -4.47. The smallest absolute Gasteiger partial charge is 0.298 e. The van der Waals surface area contributed by atoms with Crippen LogP contribution in [0.2, 0.25) is 0 Å². The standard InChI is InChI=1S/C17H21F3N2O/c1-10(2)9-12-14(16(12,3)4)15(23)22-21-13-8-6-5-7-11(13)17(18,19)20/h5-9,12,14,21H,1-4H3,(H,22,23)/t12-,14+/m0/s1. The van der Waals surface area contributed by atoms with Gasteiger partial charge in [0, 0.05) is 0 Å². The Hall–Kier alpha value is -1.98. The number of hydrazine groups is 1. The van der Waals surface area contributed by atoms with Crippen molar-refractivity contribution in [3.05, 3.63) is 41.5 Å². The number of alkyl halides is 3. The van der Waals surface area contributed by atoms with E-state index in [1.165, 1.54) is 18.2 Å². The van der Waals surface area contributed by atoms with Crippen LogP contribution in [-0.2, 0) is 11.0 Å². The number of hydrogen-bond donors (Lipinski definition) is 2. The van der Waals surface area contributed by atoms with E-state index in [2.05, 4.69) is 10.9 Å². The van der Waals surface area contributed by atoms with E-state index in [4.69, 9.17) is 0 Å². The van der Waals surface area contributed by atoms with E-state index >= 15 is 0 Å². The summed E-state index contributed by atoms with van der Waals surface area (Å²) in [7, 11) is 0. The average Bonchev–Trinajstić information content (AvgIpc) is 2.95. The number of carbonyl (C=O) groups is 1. The van der Waals surface area contributed by atoms with E-state index in [9.17, 15) is 18.0 Å². The maximum absolute atomic E-state index is 12.9. The normalized spacial score (nSPS) is 22.2. The first-order valence-corrected chi connectivity index (χ1v) is 7.42. The van der Waals surface area contributed by atoms with Crippen LogP contribution >= 0.6 is 0 Å². The largest absolute Gasteiger partial charge is 0.418 e. The Morgan fingerprint density at radius 3 is 2.39 bits per heavy atom. The van der Waals surface area contributed by atoms with Gasteiger partial charge < -0.3 is 0 Å². The second-order valence-electron chi connectivity index (χ2n) is 6.73. The van der Waals surface area contributed by atoms with Crippen molar-refractivity contribution in [2.24, 2.45) is 17.3 Å². The summed E-state index contributed by atoms with van der Waals surface area (Å²) in [5.41, 5.74) is 4.79. The molecule has 0 unspecified atom stereocenters. The molecule has 126 valence electrons. The van der Waals surface area contributed by atoms with Crippen molar-refractivity contribution < 1.29 is 18.0 Å². The molecule has 2 rings (SSSR count). The molecule has 1 saturated carbocycles. The summed E-state index contributed by atoms with van der Waals surface area (Å²) in [5.74, 6) is -0.440. The molecular formula is C17H21F3N2O. The lowest BCUT2D eigenvalue weighted by molar-refractivity contribution is -0.137. The molecular weight excluding hydrogens is 305 g/mol. The molecule has 6 heteroatoms. The van der Waals surface area contributed by atoms with Gasteiger partial charge in [0.05, 0.1) is 17.2 Å². The number of rotatable bonds is 4. The van der Waals surface area contributed by atoms with Gasteiger partial charge in [-0.05, 0) is 37.3 Å². The predicted octanol–water partition coefficient (Wildman–Crippen LogP) is 4.39. The van der Waals surface area contributed by atoms with Crippen LogP contribution in [0.15, 0.2) is 35.9 Å². The van der Waals surface area contributed by atoms with E-state index in [0.29, 0.717) is 0 Å². The second kappa shape index (κ2) is 5.91. The number of amides is 1. The number of hydrogen-bond acceptors (Lipinski definition) is 2. The van der Waals surface area contributed by atoms with Gasteiger partial charge in [0.1, 0.15) is 0 Å². The Bertz CT molecular complexity index is 631. The average molecular weight is 326 g/mol. The number of para-hydroxylation sites is 1. The van der Waals surface area contributed by atoms with Crippen LogP contribution in [0.1, 0.15) is 33.3 Å². The van der Waals surface area contributed by atoms with Gasteiger partial charge in [0.25, 0.3) is 0 Å². The summed E-state index contributed by atoms with van der Waals surface area (Å²) in [6.45, 7) is 7.87. The Kier molecular flexibility index (Phi) is 4.46. The number of benzene rings is 1. The Balaban J connectivity index is 2.06. The highest BCUT2D eigenvalue weighted by Gasteiger charge is 2.60. The first kappa shape index (κ1) is 17.4. The highest BCUT2D eigenvalue weighted by Crippen LogP contribution is 2.59. The number of halogens is 3. The molecule has 1 fully saturated rings. The molecule has 0 saturated heterocycles. The number of nitrogens with one attached hydrogen (secondary N) is 2. The first-order chi connectivity index (χ1) is 10.5. The third-order valence-corrected chi connectivity index (χ3v) is 4.26. The summed E-state index contributed by atoms with van der Waals surface area (Å²) in [6.07, 6.45) is -2.44. The van der Waals surface area contributed by atoms with Crippen LogP contribution in [0.25, 0.3) is 0 Å². The van der Waals surface area contributed by atoms with Crippen LogP contribution < -0.4 is 10.9 Å². The molecule has 0 aliphatic heterocycles. The minimum Gasteiger partial charge on any atom is -0.298 e. The maximum atomic E-state index is 12.9. The fourth-order valence-corrected chi connectivity index (χ4v) is 2.89. The lowest BCUT2D eigenvalue weighted by atomic mass is 10.1. The van der Waals surface area contributed by atoms with E-state index in [-0.39, 0.29) is 28.8 Å². The van der Waals surface area contributed by atoms with Gasteiger partial charge in [0.2, 0.25) is 5.91 Å². The molecule has 1 aliphatic rings. The Morgan fingerprint density at radius 2 is 1.83 bits per heavy atom. The van der Waals surface area contributed by atoms with Crippen molar-refractivity contribution in [3.63, 3.8) is 0 Å². The molecule has 0 spiro atoms. The number of carbonyl (C=O) groups excluding carboxylic acids is 1. The van der Waals surface area contributed by atoms with E-state index < -0.39 is 11.7 Å². The van der Waals surface area contributed by atoms with Crippen molar-refractivity contribution in [2.75, 3.05) is 5.43 Å². The molecule has 2 atom stereocenters. The lowest BCUT2D eigenvalue weighted by Crippen LogP contribution is -2.33. The van der Waals surface area contributed by atoms with Crippen LogP contribution in [0, 0.1) is 17.3 Å². The molecule has 1 amide bonds. The molecule has 0 bridgehead atoms. The molecule has 0 heterocycles. The molecule has 2 N–H and O–H groups in total. The van der Waals surface area contributed by atoms with Crippen LogP contribution in [-0.4, -0.2) is 5.91 Å². The molecule has 1 aromatic rings. The van der Waals surface area contributed by atoms with Crippen LogP contribution in [0.5, 0.6) is 0 Å². The zero-order valence-electron chi connectivity index (χ0n) is 13.6. The zero-order valence-corrected chi connectivity index (χ0v) is 13.6. The van der Waals surface area contributed by atoms with Gasteiger partial charge in [-0.3, -0.25) is 15.6 Å². The minimum absolute atomic E-state index is 0.104. The Labute approximate surface area is 133 Å². The van der Waals surface area contributed by atoms with Gasteiger partial charge in [-0.2, -0.15) is 13.2 Å². The molecule has 0 aromatic heterocycles. The third-order valence-electron chi connectivity index (χ3n) is 4.26. The highest BCUT2D eigenvalue weighted by atomic mass is 19.4. The maximum Gasteiger partial charge on any atom is 0.418 e. The van der Waals surface area contributed by atoms with E-state index in [1.807, 2.05) is 33.8 Å². The van der Waals surface area contributed by atoms with Gasteiger partial charge in [-0.15, -0.1) is 0 Å². The SMILES string of the molecule is CC(C)=C[C@H]1[C@H](C(=O)NNc2ccccc2C(F)(F)F)C1(C)C. The number of allylic oxidation sites excluding steroid dienone is 2. The second-order valence-corrected chi connectivity index (χ2v) is 6.73. The van der Waals surface area contributed by atoms with Crippen molar-refractivity contribution in [2.45, 2.75) is 33.9 Å². The van der Waals surface area contributed by atoms with Gasteiger partial charge in [-0.25, -0.2) is 0 Å². The monoisotopic (exact) mass is 326 g/mol. The van der Waals surface area contributed by atoms with Gasteiger partial charge in [0.15, 0.2) is 0 Å². The topological polar surface area (TPSA) is 41.1 Å². The molecule has 23 heavy (non-hydrogen) atoms. The quantitative estimate of drug-likeness (QED) is 0.636. The third kappa shape index (κ3) is 3.68. The fraction of sp³-hybridized carbons (Fsp3) is 0.471. The molecule has 0 radical (unpaired) electrons. The summed E-state index contributed by atoms with van der Waals surface area (Å²) in [5, 5.41) is 0. The Morgan fingerprint density at radius 1 is 1.22 bits per heavy atom. The van der Waals surface area contributed by atoms with Gasteiger partial charge >= 0.3 is 6.18 Å². The van der Waals surface area contributed by atoms with Crippen molar-refractivity contribution >= 4 is 11.6 Å². The fourth-order valence-electron chi connectivity index (χ4n) is 2.89.